The third kappa shape index (κ3) is 4.88. The molecule has 0 aliphatic heterocycles. The van der Waals surface area contributed by atoms with Gasteiger partial charge < -0.3 is 14.2 Å². The molecule has 0 aromatic heterocycles. The Morgan fingerprint density at radius 2 is 1.91 bits per heavy atom. The van der Waals surface area contributed by atoms with Gasteiger partial charge in [-0.05, 0) is 36.8 Å². The number of aryl methyl sites for hydroxylation is 1. The molecule has 0 heterocycles. The summed E-state index contributed by atoms with van der Waals surface area (Å²) in [4.78, 5) is 11.8. The van der Waals surface area contributed by atoms with Crippen molar-refractivity contribution in [2.75, 3.05) is 14.2 Å². The van der Waals surface area contributed by atoms with E-state index in [0.717, 1.165) is 16.7 Å². The molecule has 2 aromatic rings. The number of methoxy groups -OCH3 is 2. The van der Waals surface area contributed by atoms with Crippen LogP contribution in [0.2, 0.25) is 0 Å². The fourth-order valence-electron chi connectivity index (χ4n) is 2.13. The van der Waals surface area contributed by atoms with E-state index >= 15 is 0 Å². The summed E-state index contributed by atoms with van der Waals surface area (Å²) in [6, 6.07) is 13.2. The van der Waals surface area contributed by atoms with Crippen LogP contribution in [-0.2, 0) is 16.1 Å². The van der Waals surface area contributed by atoms with Crippen LogP contribution in [0.4, 0.5) is 0 Å². The Bertz CT molecular complexity index is 704. The van der Waals surface area contributed by atoms with Gasteiger partial charge in [-0.15, -0.1) is 0 Å². The molecule has 0 aliphatic carbocycles. The summed E-state index contributed by atoms with van der Waals surface area (Å²) in [7, 11) is 3.16. The summed E-state index contributed by atoms with van der Waals surface area (Å²) in [6.45, 7) is 2.13. The second kappa shape index (κ2) is 8.03. The Balaban J connectivity index is 1.99. The maximum atomic E-state index is 11.8. The van der Waals surface area contributed by atoms with Crippen LogP contribution >= 0.6 is 0 Å². The number of carbonyl (C=O) groups excluding carboxylic acids is 1. The van der Waals surface area contributed by atoms with Gasteiger partial charge in [0.25, 0.3) is 0 Å². The molecular formula is C19H20O4. The number of benzene rings is 2. The molecule has 4 nitrogen and oxygen atoms in total. The Morgan fingerprint density at radius 3 is 2.61 bits per heavy atom. The Labute approximate surface area is 136 Å². The molecule has 120 valence electrons. The standard InChI is InChI=1S/C19H20O4/c1-14-5-4-6-15(11-14)7-10-19(20)23-13-16-12-17(21-2)8-9-18(16)22-3/h4-12H,13H2,1-3H3/b10-7+. The average molecular weight is 312 g/mol. The second-order valence-corrected chi connectivity index (χ2v) is 5.03. The predicted molar refractivity (Wildman–Crippen MR) is 89.6 cm³/mol. The van der Waals surface area contributed by atoms with Crippen molar-refractivity contribution < 1.29 is 19.0 Å². The lowest BCUT2D eigenvalue weighted by molar-refractivity contribution is -0.138. The lowest BCUT2D eigenvalue weighted by Gasteiger charge is -2.10. The van der Waals surface area contributed by atoms with Crippen molar-refractivity contribution in [3.63, 3.8) is 0 Å². The van der Waals surface area contributed by atoms with Crippen LogP contribution in [0.5, 0.6) is 11.5 Å². The van der Waals surface area contributed by atoms with Crippen molar-refractivity contribution in [2.24, 2.45) is 0 Å². The molecule has 0 fully saturated rings. The molecule has 0 amide bonds. The highest BCUT2D eigenvalue weighted by Crippen LogP contribution is 2.24. The number of hydrogen-bond donors (Lipinski definition) is 0. The second-order valence-electron chi connectivity index (χ2n) is 5.03. The molecule has 0 saturated carbocycles. The molecule has 2 rings (SSSR count). The van der Waals surface area contributed by atoms with Gasteiger partial charge in [-0.3, -0.25) is 0 Å². The summed E-state index contributed by atoms with van der Waals surface area (Å²) in [6.07, 6.45) is 3.15. The largest absolute Gasteiger partial charge is 0.497 e. The van der Waals surface area contributed by atoms with E-state index in [-0.39, 0.29) is 6.61 Å². The number of hydrogen-bond acceptors (Lipinski definition) is 4. The van der Waals surface area contributed by atoms with Gasteiger partial charge in [-0.2, -0.15) is 0 Å². The minimum Gasteiger partial charge on any atom is -0.497 e. The van der Waals surface area contributed by atoms with E-state index in [9.17, 15) is 4.79 Å². The van der Waals surface area contributed by atoms with Crippen LogP contribution in [0.1, 0.15) is 16.7 Å². The third-order valence-electron chi connectivity index (χ3n) is 3.31. The minimum atomic E-state index is -0.406. The zero-order chi connectivity index (χ0) is 16.7. The van der Waals surface area contributed by atoms with Gasteiger partial charge >= 0.3 is 5.97 Å². The van der Waals surface area contributed by atoms with Gasteiger partial charge in [0.1, 0.15) is 18.1 Å². The fraction of sp³-hybridized carbons (Fsp3) is 0.211. The monoisotopic (exact) mass is 312 g/mol. The molecule has 2 aromatic carbocycles. The summed E-state index contributed by atoms with van der Waals surface area (Å²) < 4.78 is 15.7. The number of esters is 1. The van der Waals surface area contributed by atoms with Crippen LogP contribution in [0.15, 0.2) is 48.5 Å². The van der Waals surface area contributed by atoms with Crippen molar-refractivity contribution >= 4 is 12.0 Å². The average Bonchev–Trinajstić information content (AvgIpc) is 2.57. The summed E-state index contributed by atoms with van der Waals surface area (Å²) in [5, 5.41) is 0. The number of rotatable bonds is 6. The van der Waals surface area contributed by atoms with Crippen molar-refractivity contribution in [3.8, 4) is 11.5 Å². The zero-order valence-electron chi connectivity index (χ0n) is 13.5. The van der Waals surface area contributed by atoms with Crippen LogP contribution in [0.25, 0.3) is 6.08 Å². The Hall–Kier alpha value is -2.75. The lowest BCUT2D eigenvalue weighted by Crippen LogP contribution is -2.02. The Morgan fingerprint density at radius 1 is 1.09 bits per heavy atom. The van der Waals surface area contributed by atoms with Crippen LogP contribution < -0.4 is 9.47 Å². The first-order valence-electron chi connectivity index (χ1n) is 7.25. The van der Waals surface area contributed by atoms with Gasteiger partial charge in [0.15, 0.2) is 0 Å². The predicted octanol–water partition coefficient (Wildman–Crippen LogP) is 3.77. The molecule has 0 N–H and O–H groups in total. The topological polar surface area (TPSA) is 44.8 Å². The van der Waals surface area contributed by atoms with Gasteiger partial charge in [0, 0.05) is 11.6 Å². The van der Waals surface area contributed by atoms with E-state index in [2.05, 4.69) is 0 Å². The smallest absolute Gasteiger partial charge is 0.331 e. The van der Waals surface area contributed by atoms with Crippen molar-refractivity contribution in [1.82, 2.24) is 0 Å². The van der Waals surface area contributed by atoms with Gasteiger partial charge in [0.05, 0.1) is 14.2 Å². The van der Waals surface area contributed by atoms with E-state index in [0.29, 0.717) is 11.5 Å². The molecule has 23 heavy (non-hydrogen) atoms. The summed E-state index contributed by atoms with van der Waals surface area (Å²) in [5.41, 5.74) is 2.85. The van der Waals surface area contributed by atoms with Gasteiger partial charge in [-0.25, -0.2) is 4.79 Å². The van der Waals surface area contributed by atoms with E-state index < -0.39 is 5.97 Å². The van der Waals surface area contributed by atoms with Crippen LogP contribution in [0, 0.1) is 6.92 Å². The van der Waals surface area contributed by atoms with E-state index in [1.807, 2.05) is 31.2 Å². The van der Waals surface area contributed by atoms with Gasteiger partial charge in [0.2, 0.25) is 0 Å². The molecule has 4 heteroatoms. The molecule has 0 spiro atoms. The van der Waals surface area contributed by atoms with Crippen molar-refractivity contribution in [2.45, 2.75) is 13.5 Å². The molecule has 0 unspecified atom stereocenters. The first-order valence-corrected chi connectivity index (χ1v) is 7.25. The first-order chi connectivity index (χ1) is 11.1. The van der Waals surface area contributed by atoms with E-state index in [1.165, 1.54) is 6.08 Å². The maximum Gasteiger partial charge on any atom is 0.331 e. The van der Waals surface area contributed by atoms with E-state index in [1.54, 1.807) is 38.5 Å². The lowest BCUT2D eigenvalue weighted by atomic mass is 10.1. The normalized spacial score (nSPS) is 10.6. The van der Waals surface area contributed by atoms with Crippen LogP contribution in [-0.4, -0.2) is 20.2 Å². The molecule has 0 bridgehead atoms. The minimum absolute atomic E-state index is 0.122. The zero-order valence-corrected chi connectivity index (χ0v) is 13.5. The molecule has 0 aliphatic rings. The quantitative estimate of drug-likeness (QED) is 0.601. The molecule has 0 radical (unpaired) electrons. The van der Waals surface area contributed by atoms with Crippen LogP contribution in [0.3, 0.4) is 0 Å². The Kier molecular flexibility index (Phi) is 5.80. The SMILES string of the molecule is COc1ccc(OC)c(COC(=O)/C=C/c2cccc(C)c2)c1. The van der Waals surface area contributed by atoms with Crippen molar-refractivity contribution in [1.29, 1.82) is 0 Å². The number of ether oxygens (including phenoxy) is 3. The fourth-order valence-corrected chi connectivity index (χ4v) is 2.13. The van der Waals surface area contributed by atoms with Crippen molar-refractivity contribution in [3.05, 3.63) is 65.2 Å². The highest BCUT2D eigenvalue weighted by molar-refractivity contribution is 5.87. The highest BCUT2D eigenvalue weighted by atomic mass is 16.5. The highest BCUT2D eigenvalue weighted by Gasteiger charge is 2.07. The summed E-state index contributed by atoms with van der Waals surface area (Å²) >= 11 is 0. The number of carbonyl (C=O) groups is 1. The first kappa shape index (κ1) is 16.6. The van der Waals surface area contributed by atoms with Gasteiger partial charge in [-0.1, -0.05) is 29.8 Å². The maximum absolute atomic E-state index is 11.8. The molecule has 0 saturated heterocycles. The third-order valence-corrected chi connectivity index (χ3v) is 3.31. The molecule has 0 atom stereocenters. The summed E-state index contributed by atoms with van der Waals surface area (Å²) in [5.74, 6) is 0.935. The molecular weight excluding hydrogens is 292 g/mol. The van der Waals surface area contributed by atoms with E-state index in [4.69, 9.17) is 14.2 Å².